The van der Waals surface area contributed by atoms with Crippen molar-refractivity contribution in [2.24, 2.45) is 5.41 Å². The summed E-state index contributed by atoms with van der Waals surface area (Å²) in [6.45, 7) is 4.43. The number of aromatic carboxylic acids is 1. The molecule has 234 valence electrons. The number of carboxylic acid groups (broad SMARTS) is 1. The Kier molecular flexibility index (Phi) is 6.86. The van der Waals surface area contributed by atoms with Crippen molar-refractivity contribution < 1.29 is 19.0 Å². The molecule has 8 rings (SSSR count). The van der Waals surface area contributed by atoms with Crippen molar-refractivity contribution in [2.75, 3.05) is 31.1 Å². The van der Waals surface area contributed by atoms with Crippen LogP contribution >= 0.6 is 0 Å². The van der Waals surface area contributed by atoms with Gasteiger partial charge in [0.15, 0.2) is 11.6 Å². The molecule has 3 fully saturated rings. The number of aromatic amines is 2. The number of hydrogen-bond donors (Lipinski definition) is 3. The third-order valence-corrected chi connectivity index (χ3v) is 9.67. The van der Waals surface area contributed by atoms with Crippen LogP contribution in [0.25, 0.3) is 22.2 Å². The lowest BCUT2D eigenvalue weighted by Gasteiger charge is -2.26. The summed E-state index contributed by atoms with van der Waals surface area (Å²) in [6, 6.07) is 15.5. The second-order valence-corrected chi connectivity index (χ2v) is 12.9. The van der Waals surface area contributed by atoms with Crippen molar-refractivity contribution >= 4 is 22.8 Å². The van der Waals surface area contributed by atoms with Crippen molar-refractivity contribution in [2.45, 2.75) is 38.1 Å². The molecule has 1 aliphatic carbocycles. The van der Waals surface area contributed by atoms with E-state index in [1.807, 2.05) is 12.1 Å². The van der Waals surface area contributed by atoms with Crippen molar-refractivity contribution in [3.63, 3.8) is 0 Å². The van der Waals surface area contributed by atoms with Gasteiger partial charge in [-0.3, -0.25) is 4.90 Å². The van der Waals surface area contributed by atoms with Gasteiger partial charge in [0, 0.05) is 37.2 Å². The monoisotopic (exact) mass is 620 g/mol. The summed E-state index contributed by atoms with van der Waals surface area (Å²) in [5, 5.41) is 9.58. The highest BCUT2D eigenvalue weighted by molar-refractivity contribution is 5.89. The van der Waals surface area contributed by atoms with Crippen molar-refractivity contribution in [1.29, 1.82) is 0 Å². The normalized spacial score (nSPS) is 19.8. The molecule has 46 heavy (non-hydrogen) atoms. The Labute approximate surface area is 263 Å². The van der Waals surface area contributed by atoms with Gasteiger partial charge in [-0.1, -0.05) is 12.1 Å². The third kappa shape index (κ3) is 5.40. The van der Waals surface area contributed by atoms with Crippen LogP contribution in [-0.2, 0) is 6.54 Å². The molecule has 3 aliphatic rings. The molecule has 4 heterocycles. The lowest BCUT2D eigenvalue weighted by Crippen LogP contribution is -2.31. The molecule has 1 unspecified atom stereocenters. The highest BCUT2D eigenvalue weighted by Crippen LogP contribution is 2.48. The summed E-state index contributed by atoms with van der Waals surface area (Å²) in [4.78, 5) is 42.7. The van der Waals surface area contributed by atoms with Gasteiger partial charge in [0.05, 0.1) is 22.8 Å². The predicted octanol–water partition coefficient (Wildman–Crippen LogP) is 5.92. The van der Waals surface area contributed by atoms with Gasteiger partial charge in [-0.25, -0.2) is 23.9 Å². The first kappa shape index (κ1) is 28.4. The van der Waals surface area contributed by atoms with Crippen molar-refractivity contribution in [1.82, 2.24) is 24.8 Å². The smallest absolute Gasteiger partial charge is 0.335 e. The van der Waals surface area contributed by atoms with Crippen LogP contribution in [0.3, 0.4) is 0 Å². The Morgan fingerprint density at radius 1 is 0.978 bits per heavy atom. The Hall–Kier alpha value is -5.03. The van der Waals surface area contributed by atoms with Gasteiger partial charge in [-0.15, -0.1) is 0 Å². The van der Waals surface area contributed by atoms with Gasteiger partial charge in [-0.05, 0) is 97.3 Å². The number of fused-ring (bicyclic) bond motifs is 1. The standard InChI is InChI=1S/C35H33FN6O4/c36-24-5-8-30(27(15-24)25-6-4-23(33(43)44)14-26(25)22-2-3-22)46-31-16-37-20-38-32(31)42-12-10-35(19-42)9-11-41(18-35)17-21-1-7-28-29(13-21)40-34(45)39-28/h1,4-8,13-16,20,22H,2-3,9-12,17-19H2,(H,43,44)(H2,39,40,45). The second-order valence-electron chi connectivity index (χ2n) is 12.9. The molecule has 1 saturated carbocycles. The van der Waals surface area contributed by atoms with Gasteiger partial charge >= 0.3 is 11.7 Å². The zero-order valence-corrected chi connectivity index (χ0v) is 25.1. The lowest BCUT2D eigenvalue weighted by atomic mass is 9.86. The fourth-order valence-corrected chi connectivity index (χ4v) is 7.26. The summed E-state index contributed by atoms with van der Waals surface area (Å²) in [6.07, 6.45) is 7.21. The van der Waals surface area contributed by atoms with E-state index in [2.05, 4.69) is 35.8 Å². The minimum Gasteiger partial charge on any atom is -0.478 e. The number of ether oxygens (including phenoxy) is 1. The van der Waals surface area contributed by atoms with Crippen LogP contribution in [0, 0.1) is 11.2 Å². The molecular formula is C35H33FN6O4. The highest BCUT2D eigenvalue weighted by atomic mass is 19.1. The van der Waals surface area contributed by atoms with E-state index in [9.17, 15) is 19.1 Å². The van der Waals surface area contributed by atoms with E-state index in [0.717, 1.165) is 80.6 Å². The van der Waals surface area contributed by atoms with Gasteiger partial charge in [-0.2, -0.15) is 0 Å². The number of carbonyl (C=O) groups is 1. The highest BCUT2D eigenvalue weighted by Gasteiger charge is 2.44. The summed E-state index contributed by atoms with van der Waals surface area (Å²) >= 11 is 0. The second kappa shape index (κ2) is 11.1. The van der Waals surface area contributed by atoms with Gasteiger partial charge in [0.1, 0.15) is 17.9 Å². The van der Waals surface area contributed by atoms with E-state index in [0.29, 0.717) is 22.9 Å². The zero-order chi connectivity index (χ0) is 31.4. The van der Waals surface area contributed by atoms with Crippen LogP contribution in [0.4, 0.5) is 10.2 Å². The number of nitrogens with one attached hydrogen (secondary N) is 2. The maximum Gasteiger partial charge on any atom is 0.335 e. The van der Waals surface area contributed by atoms with Crippen LogP contribution in [0.15, 0.2) is 71.9 Å². The number of likely N-dealkylation sites (tertiary alicyclic amines) is 1. The summed E-state index contributed by atoms with van der Waals surface area (Å²) in [5.41, 5.74) is 5.19. The molecule has 3 N–H and O–H groups in total. The average molecular weight is 621 g/mol. The van der Waals surface area contributed by atoms with Crippen LogP contribution in [-0.4, -0.2) is 62.1 Å². The largest absolute Gasteiger partial charge is 0.478 e. The number of H-pyrrole nitrogens is 2. The molecule has 2 aromatic heterocycles. The lowest BCUT2D eigenvalue weighted by molar-refractivity contribution is 0.0696. The van der Waals surface area contributed by atoms with E-state index in [-0.39, 0.29) is 22.6 Å². The van der Waals surface area contributed by atoms with E-state index in [4.69, 9.17) is 4.74 Å². The van der Waals surface area contributed by atoms with Crippen LogP contribution in [0.5, 0.6) is 11.5 Å². The Morgan fingerprint density at radius 3 is 2.67 bits per heavy atom. The number of aromatic nitrogens is 4. The molecule has 1 atom stereocenters. The number of benzene rings is 3. The molecular weight excluding hydrogens is 587 g/mol. The number of halogens is 1. The minimum absolute atomic E-state index is 0.126. The molecule has 0 bridgehead atoms. The molecule has 2 aliphatic heterocycles. The topological polar surface area (TPSA) is 127 Å². The predicted molar refractivity (Wildman–Crippen MR) is 171 cm³/mol. The quantitative estimate of drug-likeness (QED) is 0.195. The van der Waals surface area contributed by atoms with Crippen LogP contribution in [0.1, 0.15) is 53.1 Å². The fourth-order valence-electron chi connectivity index (χ4n) is 7.26. The first-order valence-electron chi connectivity index (χ1n) is 15.7. The third-order valence-electron chi connectivity index (χ3n) is 9.67. The van der Waals surface area contributed by atoms with Crippen LogP contribution < -0.4 is 15.3 Å². The Morgan fingerprint density at radius 2 is 1.83 bits per heavy atom. The first-order chi connectivity index (χ1) is 22.3. The summed E-state index contributed by atoms with van der Waals surface area (Å²) < 4.78 is 21.2. The Balaban J connectivity index is 1.02. The van der Waals surface area contributed by atoms with Gasteiger partial charge in [0.25, 0.3) is 0 Å². The van der Waals surface area contributed by atoms with Crippen LogP contribution in [0.2, 0.25) is 0 Å². The number of rotatable bonds is 8. The maximum atomic E-state index is 14.7. The fraction of sp³-hybridized carbons (Fsp3) is 0.314. The van der Waals surface area contributed by atoms with Crippen molar-refractivity contribution in [3.05, 3.63) is 100 Å². The van der Waals surface area contributed by atoms with Crippen molar-refractivity contribution in [3.8, 4) is 22.6 Å². The zero-order valence-electron chi connectivity index (χ0n) is 25.1. The van der Waals surface area contributed by atoms with Gasteiger partial charge < -0.3 is 24.7 Å². The molecule has 11 heteroatoms. The molecule has 5 aromatic rings. The van der Waals surface area contributed by atoms with E-state index >= 15 is 0 Å². The molecule has 0 radical (unpaired) electrons. The van der Waals surface area contributed by atoms with E-state index in [1.165, 1.54) is 24.0 Å². The Bertz CT molecular complexity index is 2040. The summed E-state index contributed by atoms with van der Waals surface area (Å²) in [5.74, 6) is 0.513. The van der Waals surface area contributed by atoms with E-state index in [1.54, 1.807) is 30.5 Å². The number of carboxylic acids is 1. The SMILES string of the molecule is O=C(O)c1ccc(-c2cc(F)ccc2Oc2cncnc2N2CCC3(CCN(Cc4ccc5[nH]c(=O)[nH]c5c4)C3)C2)c(C2CC2)c1. The summed E-state index contributed by atoms with van der Waals surface area (Å²) in [7, 11) is 0. The first-order valence-corrected chi connectivity index (χ1v) is 15.7. The number of imidazole rings is 1. The molecule has 0 amide bonds. The molecule has 3 aromatic carbocycles. The molecule has 2 saturated heterocycles. The number of hydrogen-bond acceptors (Lipinski definition) is 7. The number of anilines is 1. The molecule has 1 spiro atoms. The number of nitrogens with zero attached hydrogens (tertiary/aromatic N) is 4. The minimum atomic E-state index is -0.986. The van der Waals surface area contributed by atoms with Gasteiger partial charge in [0.2, 0.25) is 0 Å². The van der Waals surface area contributed by atoms with E-state index < -0.39 is 11.8 Å². The average Bonchev–Trinajstić information content (AvgIpc) is 3.55. The molecule has 10 nitrogen and oxygen atoms in total. The maximum absolute atomic E-state index is 14.7.